The molecule has 4 heteroatoms. The van der Waals surface area contributed by atoms with Crippen LogP contribution in [0.25, 0.3) is 0 Å². The summed E-state index contributed by atoms with van der Waals surface area (Å²) in [6.07, 6.45) is 1.50. The Morgan fingerprint density at radius 3 is 2.29 bits per heavy atom. The molecule has 0 radical (unpaired) electrons. The van der Waals surface area contributed by atoms with E-state index in [-0.39, 0.29) is 0 Å². The van der Waals surface area contributed by atoms with Gasteiger partial charge in [0.25, 0.3) is 0 Å². The standard InChI is InChI=1S/C20H13NO2S/c22-20(19-7-4-14-24-19)23-21-15-18-12-10-17(11-13-18)9-8-16-5-2-1-3-6-16/h1-7,10-15H/b21-15-. The molecule has 0 unspecified atom stereocenters. The number of benzene rings is 2. The van der Waals surface area contributed by atoms with Gasteiger partial charge in [-0.2, -0.15) is 0 Å². The topological polar surface area (TPSA) is 38.7 Å². The van der Waals surface area contributed by atoms with E-state index in [2.05, 4.69) is 17.0 Å². The molecular weight excluding hydrogens is 318 g/mol. The van der Waals surface area contributed by atoms with E-state index in [9.17, 15) is 4.79 Å². The van der Waals surface area contributed by atoms with Crippen molar-refractivity contribution in [2.75, 3.05) is 0 Å². The van der Waals surface area contributed by atoms with E-state index in [1.165, 1.54) is 17.6 Å². The molecule has 0 atom stereocenters. The first kappa shape index (κ1) is 15.7. The number of rotatable bonds is 3. The fourth-order valence-corrected chi connectivity index (χ4v) is 2.49. The monoisotopic (exact) mass is 331 g/mol. The van der Waals surface area contributed by atoms with E-state index in [4.69, 9.17) is 4.84 Å². The normalized spacial score (nSPS) is 10.2. The molecule has 0 N–H and O–H groups in total. The Hall–Kier alpha value is -3.16. The highest BCUT2D eigenvalue weighted by Gasteiger charge is 2.06. The number of thiophene rings is 1. The van der Waals surface area contributed by atoms with Gasteiger partial charge < -0.3 is 4.84 Å². The average Bonchev–Trinajstić information content (AvgIpc) is 3.17. The second kappa shape index (κ2) is 7.91. The summed E-state index contributed by atoms with van der Waals surface area (Å²) in [5.74, 6) is 5.75. The van der Waals surface area contributed by atoms with Crippen LogP contribution in [0.2, 0.25) is 0 Å². The Morgan fingerprint density at radius 2 is 1.62 bits per heavy atom. The van der Waals surface area contributed by atoms with Gasteiger partial charge in [0.1, 0.15) is 4.88 Å². The maximum atomic E-state index is 11.6. The zero-order valence-corrected chi connectivity index (χ0v) is 13.5. The van der Waals surface area contributed by atoms with Gasteiger partial charge in [0.2, 0.25) is 0 Å². The van der Waals surface area contributed by atoms with Crippen molar-refractivity contribution in [2.24, 2.45) is 5.16 Å². The van der Waals surface area contributed by atoms with E-state index in [0.717, 1.165) is 16.7 Å². The smallest absolute Gasteiger partial charge is 0.312 e. The summed E-state index contributed by atoms with van der Waals surface area (Å²) in [6.45, 7) is 0. The molecule has 0 amide bonds. The van der Waals surface area contributed by atoms with Gasteiger partial charge in [-0.1, -0.05) is 53.4 Å². The van der Waals surface area contributed by atoms with Crippen LogP contribution in [0, 0.1) is 11.8 Å². The highest BCUT2D eigenvalue weighted by molar-refractivity contribution is 7.11. The zero-order valence-electron chi connectivity index (χ0n) is 12.7. The van der Waals surface area contributed by atoms with Crippen LogP contribution in [0.5, 0.6) is 0 Å². The molecule has 0 bridgehead atoms. The molecule has 0 spiro atoms. The molecule has 3 nitrogen and oxygen atoms in total. The van der Waals surface area contributed by atoms with Crippen molar-refractivity contribution in [3.63, 3.8) is 0 Å². The highest BCUT2D eigenvalue weighted by Crippen LogP contribution is 2.10. The maximum Gasteiger partial charge on any atom is 0.375 e. The summed E-state index contributed by atoms with van der Waals surface area (Å²) in [5, 5.41) is 5.53. The van der Waals surface area contributed by atoms with Crippen molar-refractivity contribution in [3.05, 3.63) is 93.7 Å². The van der Waals surface area contributed by atoms with Crippen LogP contribution < -0.4 is 0 Å². The minimum Gasteiger partial charge on any atom is -0.312 e. The largest absolute Gasteiger partial charge is 0.375 e. The fraction of sp³-hybridized carbons (Fsp3) is 0. The van der Waals surface area contributed by atoms with E-state index in [0.29, 0.717) is 4.88 Å². The summed E-state index contributed by atoms with van der Waals surface area (Å²) in [5.41, 5.74) is 2.72. The first-order valence-electron chi connectivity index (χ1n) is 7.26. The second-order valence-electron chi connectivity index (χ2n) is 4.83. The minimum atomic E-state index is -0.452. The molecule has 0 saturated carbocycles. The van der Waals surface area contributed by atoms with Gasteiger partial charge in [-0.05, 0) is 41.3 Å². The molecule has 0 aliphatic heterocycles. The molecule has 0 aliphatic carbocycles. The third-order valence-corrected chi connectivity index (χ3v) is 3.95. The molecular formula is C20H13NO2S. The minimum absolute atomic E-state index is 0.452. The molecule has 0 fully saturated rings. The Balaban J connectivity index is 1.60. The Morgan fingerprint density at radius 1 is 0.917 bits per heavy atom. The lowest BCUT2D eigenvalue weighted by molar-refractivity contribution is 0.0525. The molecule has 1 aromatic heterocycles. The SMILES string of the molecule is O=C(O/N=C\c1ccc(C#Cc2ccccc2)cc1)c1cccs1. The second-order valence-corrected chi connectivity index (χ2v) is 5.78. The van der Waals surface area contributed by atoms with Crippen LogP contribution in [0.15, 0.2) is 77.3 Å². The van der Waals surface area contributed by atoms with Crippen LogP contribution in [0.3, 0.4) is 0 Å². The maximum absolute atomic E-state index is 11.6. The van der Waals surface area contributed by atoms with Gasteiger partial charge in [-0.25, -0.2) is 4.79 Å². The number of hydrogen-bond acceptors (Lipinski definition) is 4. The van der Waals surface area contributed by atoms with Gasteiger partial charge in [-0.15, -0.1) is 11.3 Å². The number of carbonyl (C=O) groups is 1. The number of hydrogen-bond donors (Lipinski definition) is 0. The summed E-state index contributed by atoms with van der Waals surface area (Å²) in [7, 11) is 0. The van der Waals surface area contributed by atoms with E-state index in [1.54, 1.807) is 12.1 Å². The van der Waals surface area contributed by atoms with Gasteiger partial charge in [0, 0.05) is 11.1 Å². The first-order chi connectivity index (χ1) is 11.8. The van der Waals surface area contributed by atoms with Gasteiger partial charge in [0.15, 0.2) is 0 Å². The molecule has 1 heterocycles. The van der Waals surface area contributed by atoms with Crippen molar-refractivity contribution in [1.82, 2.24) is 0 Å². The lowest BCUT2D eigenvalue weighted by atomic mass is 10.1. The van der Waals surface area contributed by atoms with Gasteiger partial charge in [-0.3, -0.25) is 0 Å². The van der Waals surface area contributed by atoms with Crippen LogP contribution in [-0.4, -0.2) is 12.2 Å². The van der Waals surface area contributed by atoms with Crippen LogP contribution >= 0.6 is 11.3 Å². The van der Waals surface area contributed by atoms with Crippen LogP contribution in [0.1, 0.15) is 26.4 Å². The Kier molecular flexibility index (Phi) is 5.18. The third-order valence-electron chi connectivity index (χ3n) is 3.10. The molecule has 3 rings (SSSR count). The quantitative estimate of drug-likeness (QED) is 0.310. The van der Waals surface area contributed by atoms with Crippen molar-refractivity contribution < 1.29 is 9.63 Å². The zero-order chi connectivity index (χ0) is 16.6. The molecule has 0 saturated heterocycles. The molecule has 24 heavy (non-hydrogen) atoms. The van der Waals surface area contributed by atoms with Crippen molar-refractivity contribution in [1.29, 1.82) is 0 Å². The van der Waals surface area contributed by atoms with Gasteiger partial charge >= 0.3 is 5.97 Å². The summed E-state index contributed by atoms with van der Waals surface area (Å²) in [4.78, 5) is 17.0. The molecule has 116 valence electrons. The summed E-state index contributed by atoms with van der Waals surface area (Å²) < 4.78 is 0. The van der Waals surface area contributed by atoms with Crippen LogP contribution in [-0.2, 0) is 4.84 Å². The number of carbonyl (C=O) groups excluding carboxylic acids is 1. The van der Waals surface area contributed by atoms with Gasteiger partial charge in [0.05, 0.1) is 6.21 Å². The fourth-order valence-electron chi connectivity index (χ4n) is 1.89. The van der Waals surface area contributed by atoms with Crippen molar-refractivity contribution >= 4 is 23.5 Å². The number of nitrogens with zero attached hydrogens (tertiary/aromatic N) is 1. The predicted molar refractivity (Wildman–Crippen MR) is 96.2 cm³/mol. The lowest BCUT2D eigenvalue weighted by Crippen LogP contribution is -1.97. The Labute approximate surface area is 144 Å². The first-order valence-corrected chi connectivity index (χ1v) is 8.14. The number of oxime groups is 1. The molecule has 2 aromatic carbocycles. The summed E-state index contributed by atoms with van der Waals surface area (Å²) >= 11 is 1.32. The predicted octanol–water partition coefficient (Wildman–Crippen LogP) is 4.34. The lowest BCUT2D eigenvalue weighted by Gasteiger charge is -1.95. The van der Waals surface area contributed by atoms with E-state index >= 15 is 0 Å². The molecule has 0 aliphatic rings. The molecule has 3 aromatic rings. The van der Waals surface area contributed by atoms with Crippen molar-refractivity contribution in [2.45, 2.75) is 0 Å². The highest BCUT2D eigenvalue weighted by atomic mass is 32.1. The van der Waals surface area contributed by atoms with Crippen molar-refractivity contribution in [3.8, 4) is 11.8 Å². The third kappa shape index (κ3) is 4.42. The van der Waals surface area contributed by atoms with Crippen LogP contribution in [0.4, 0.5) is 0 Å². The Bertz CT molecular complexity index is 886. The summed E-state index contributed by atoms with van der Waals surface area (Å²) in [6, 6.07) is 20.9. The van der Waals surface area contributed by atoms with E-state index < -0.39 is 5.97 Å². The van der Waals surface area contributed by atoms with E-state index in [1.807, 2.05) is 60.0 Å². The average molecular weight is 331 g/mol.